The molecule has 0 spiro atoms. The lowest BCUT2D eigenvalue weighted by Gasteiger charge is -2.47. The van der Waals surface area contributed by atoms with Crippen molar-refractivity contribution < 1.29 is 22.4 Å². The molecule has 2 saturated heterocycles. The normalized spacial score (nSPS) is 17.9. The number of rotatable bonds is 4. The van der Waals surface area contributed by atoms with Gasteiger partial charge in [0.2, 0.25) is 0 Å². The molecule has 2 aliphatic rings. The molecular weight excluding hydrogens is 492 g/mol. The van der Waals surface area contributed by atoms with Gasteiger partial charge in [0.1, 0.15) is 17.2 Å². The van der Waals surface area contributed by atoms with Crippen molar-refractivity contribution in [3.8, 4) is 11.1 Å². The van der Waals surface area contributed by atoms with Crippen molar-refractivity contribution in [2.45, 2.75) is 31.1 Å². The molecule has 6 heterocycles. The summed E-state index contributed by atoms with van der Waals surface area (Å²) in [6, 6.07) is 2.26. The van der Waals surface area contributed by atoms with Gasteiger partial charge in [-0.15, -0.1) is 0 Å². The molecule has 37 heavy (non-hydrogen) atoms. The molecule has 0 aliphatic carbocycles. The molecule has 0 bridgehead atoms. The van der Waals surface area contributed by atoms with Crippen LogP contribution in [-0.4, -0.2) is 77.6 Å². The number of piperidine rings is 1. The second-order valence-corrected chi connectivity index (χ2v) is 9.35. The first-order valence-electron chi connectivity index (χ1n) is 11.9. The van der Waals surface area contributed by atoms with Gasteiger partial charge in [0.25, 0.3) is 5.91 Å². The average Bonchev–Trinajstić information content (AvgIpc) is 3.53. The largest absolute Gasteiger partial charge is 0.434 e. The van der Waals surface area contributed by atoms with E-state index in [9.17, 15) is 22.4 Å². The maximum atomic E-state index is 14.6. The molecule has 6 rings (SSSR count). The Morgan fingerprint density at radius 1 is 1.00 bits per heavy atom. The molecule has 192 valence electrons. The highest BCUT2D eigenvalue weighted by Crippen LogP contribution is 2.33. The van der Waals surface area contributed by atoms with Gasteiger partial charge in [-0.05, 0) is 18.9 Å². The number of alkyl halides is 3. The highest BCUT2D eigenvalue weighted by Gasteiger charge is 2.37. The third-order valence-corrected chi connectivity index (χ3v) is 7.12. The highest BCUT2D eigenvalue weighted by molar-refractivity contribution is 5.93. The molecule has 4 aromatic heterocycles. The summed E-state index contributed by atoms with van der Waals surface area (Å²) in [4.78, 5) is 30.6. The summed E-state index contributed by atoms with van der Waals surface area (Å²) in [5.74, 6) is -0.810. The minimum atomic E-state index is -4.59. The number of halogens is 4. The SMILES string of the molecule is O=C(c1cnc(C(F)(F)F)cn1)N1CCC(N2CC(n3cc(-c4c(F)cnc5[nH]ccc45)cn3)C2)CC1. The van der Waals surface area contributed by atoms with Crippen molar-refractivity contribution in [3.63, 3.8) is 0 Å². The molecule has 1 N–H and O–H groups in total. The number of nitrogens with one attached hydrogen (secondary N) is 1. The third kappa shape index (κ3) is 4.32. The topological polar surface area (TPSA) is 95.8 Å². The van der Waals surface area contributed by atoms with Gasteiger partial charge in [-0.3, -0.25) is 14.4 Å². The van der Waals surface area contributed by atoms with E-state index in [1.807, 2.05) is 10.9 Å². The standard InChI is InChI=1S/C24H22F4N8O/c25-18-8-32-22-17(1-4-29-22)21(18)14-7-33-36(11-14)16-12-35(13-16)15-2-5-34(6-3-15)23(37)19-9-31-20(10-30-19)24(26,27)28/h1,4,7-11,15-16H,2-3,5-6,12-13H2,(H,29,32). The van der Waals surface area contributed by atoms with Gasteiger partial charge >= 0.3 is 6.18 Å². The van der Waals surface area contributed by atoms with E-state index in [1.165, 1.54) is 6.20 Å². The molecule has 2 aliphatic heterocycles. The lowest BCUT2D eigenvalue weighted by molar-refractivity contribution is -0.141. The summed E-state index contributed by atoms with van der Waals surface area (Å²) < 4.78 is 54.5. The molecule has 2 fully saturated rings. The number of likely N-dealkylation sites (tertiary alicyclic amines) is 2. The van der Waals surface area contributed by atoms with Crippen molar-refractivity contribution in [1.82, 2.24) is 39.5 Å². The number of nitrogens with zero attached hydrogens (tertiary/aromatic N) is 7. The smallest absolute Gasteiger partial charge is 0.346 e. The van der Waals surface area contributed by atoms with E-state index in [1.54, 1.807) is 23.4 Å². The molecule has 0 saturated carbocycles. The van der Waals surface area contributed by atoms with Crippen LogP contribution in [0.2, 0.25) is 0 Å². The Kier molecular flexibility index (Phi) is 5.66. The fourth-order valence-corrected chi connectivity index (χ4v) is 5.08. The quantitative estimate of drug-likeness (QED) is 0.419. The highest BCUT2D eigenvalue weighted by atomic mass is 19.4. The van der Waals surface area contributed by atoms with Crippen LogP contribution in [0.5, 0.6) is 0 Å². The predicted octanol–water partition coefficient (Wildman–Crippen LogP) is 3.54. The van der Waals surface area contributed by atoms with Crippen LogP contribution in [0.3, 0.4) is 0 Å². The van der Waals surface area contributed by atoms with Crippen molar-refractivity contribution in [1.29, 1.82) is 0 Å². The first-order valence-corrected chi connectivity index (χ1v) is 11.9. The Balaban J connectivity index is 1.04. The zero-order chi connectivity index (χ0) is 25.7. The fourth-order valence-electron chi connectivity index (χ4n) is 5.08. The summed E-state index contributed by atoms with van der Waals surface area (Å²) >= 11 is 0. The molecule has 0 atom stereocenters. The first kappa shape index (κ1) is 23.5. The average molecular weight is 514 g/mol. The molecule has 1 amide bonds. The van der Waals surface area contributed by atoms with Crippen LogP contribution in [0.15, 0.2) is 43.2 Å². The fraction of sp³-hybridized carbons (Fsp3) is 0.375. The minimum Gasteiger partial charge on any atom is -0.346 e. The number of hydrogen-bond acceptors (Lipinski definition) is 6. The van der Waals surface area contributed by atoms with Crippen LogP contribution in [0.4, 0.5) is 17.6 Å². The number of amides is 1. The number of aromatic nitrogens is 6. The van der Waals surface area contributed by atoms with E-state index in [2.05, 4.69) is 29.9 Å². The maximum Gasteiger partial charge on any atom is 0.434 e. The number of H-pyrrole nitrogens is 1. The van der Waals surface area contributed by atoms with Crippen LogP contribution in [0.25, 0.3) is 22.2 Å². The maximum absolute atomic E-state index is 14.6. The Morgan fingerprint density at radius 2 is 1.78 bits per heavy atom. The first-order chi connectivity index (χ1) is 17.8. The number of carbonyl (C=O) groups excluding carboxylic acids is 1. The van der Waals surface area contributed by atoms with Gasteiger partial charge in [0.15, 0.2) is 5.69 Å². The molecule has 0 unspecified atom stereocenters. The summed E-state index contributed by atoms with van der Waals surface area (Å²) in [5.41, 5.74) is 0.578. The van der Waals surface area contributed by atoms with E-state index >= 15 is 0 Å². The summed E-state index contributed by atoms with van der Waals surface area (Å²) in [7, 11) is 0. The number of fused-ring (bicyclic) bond motifs is 1. The number of hydrogen-bond donors (Lipinski definition) is 1. The second-order valence-electron chi connectivity index (χ2n) is 9.35. The van der Waals surface area contributed by atoms with Crippen molar-refractivity contribution in [2.24, 2.45) is 0 Å². The van der Waals surface area contributed by atoms with E-state index in [-0.39, 0.29) is 11.7 Å². The summed E-state index contributed by atoms with van der Waals surface area (Å²) in [5, 5.41) is 5.18. The Bertz CT molecular complexity index is 1430. The molecule has 13 heteroatoms. The van der Waals surface area contributed by atoms with Crippen molar-refractivity contribution >= 4 is 16.9 Å². The summed E-state index contributed by atoms with van der Waals surface area (Å²) in [6.45, 7) is 2.57. The molecule has 4 aromatic rings. The number of pyridine rings is 1. The number of aromatic amines is 1. The molecule has 9 nitrogen and oxygen atoms in total. The molecule has 0 aromatic carbocycles. The second kappa shape index (κ2) is 8.91. The predicted molar refractivity (Wildman–Crippen MR) is 124 cm³/mol. The van der Waals surface area contributed by atoms with Gasteiger partial charge < -0.3 is 9.88 Å². The Morgan fingerprint density at radius 3 is 2.49 bits per heavy atom. The van der Waals surface area contributed by atoms with E-state index in [0.717, 1.165) is 32.1 Å². The zero-order valence-corrected chi connectivity index (χ0v) is 19.5. The van der Waals surface area contributed by atoms with Gasteiger partial charge in [-0.1, -0.05) is 0 Å². The molecule has 0 radical (unpaired) electrons. The third-order valence-electron chi connectivity index (χ3n) is 7.12. The van der Waals surface area contributed by atoms with Crippen LogP contribution in [0.1, 0.15) is 35.1 Å². The van der Waals surface area contributed by atoms with Crippen LogP contribution in [0, 0.1) is 5.82 Å². The monoisotopic (exact) mass is 514 g/mol. The van der Waals surface area contributed by atoms with E-state index in [4.69, 9.17) is 0 Å². The van der Waals surface area contributed by atoms with Crippen LogP contribution >= 0.6 is 0 Å². The zero-order valence-electron chi connectivity index (χ0n) is 19.5. The minimum absolute atomic E-state index is 0.0903. The van der Waals surface area contributed by atoms with Gasteiger partial charge in [0, 0.05) is 61.1 Å². The van der Waals surface area contributed by atoms with E-state index in [0.29, 0.717) is 47.5 Å². The van der Waals surface area contributed by atoms with Crippen LogP contribution in [-0.2, 0) is 6.18 Å². The Hall–Kier alpha value is -3.87. The Labute approximate surface area is 208 Å². The van der Waals surface area contributed by atoms with Crippen molar-refractivity contribution in [2.75, 3.05) is 26.2 Å². The van der Waals surface area contributed by atoms with Crippen LogP contribution < -0.4 is 0 Å². The van der Waals surface area contributed by atoms with Crippen molar-refractivity contribution in [3.05, 3.63) is 60.5 Å². The van der Waals surface area contributed by atoms with Gasteiger partial charge in [-0.2, -0.15) is 18.3 Å². The lowest BCUT2D eigenvalue weighted by atomic mass is 9.97. The molecular formula is C24H22F4N8O. The van der Waals surface area contributed by atoms with Gasteiger partial charge in [-0.25, -0.2) is 19.3 Å². The van der Waals surface area contributed by atoms with E-state index < -0.39 is 23.6 Å². The van der Waals surface area contributed by atoms with Gasteiger partial charge in [0.05, 0.1) is 30.8 Å². The number of carbonyl (C=O) groups is 1. The lowest BCUT2D eigenvalue weighted by Crippen LogP contribution is -2.56. The summed E-state index contributed by atoms with van der Waals surface area (Å²) in [6.07, 6.45) is 4.85.